The Morgan fingerprint density at radius 3 is 2.68 bits per heavy atom. The molecule has 0 spiro atoms. The highest BCUT2D eigenvalue weighted by Gasteiger charge is 2.33. The van der Waals surface area contributed by atoms with Crippen molar-refractivity contribution in [3.63, 3.8) is 0 Å². The van der Waals surface area contributed by atoms with Gasteiger partial charge in [-0.2, -0.15) is 18.3 Å². The first-order valence-electron chi connectivity index (χ1n) is 7.58. The number of hydrogen-bond donors (Lipinski definition) is 2. The Morgan fingerprint density at radius 2 is 2.00 bits per heavy atom. The Labute approximate surface area is 141 Å². The Bertz CT molecular complexity index is 931. The lowest BCUT2D eigenvalue weighted by molar-refractivity contribution is -0.141. The molecule has 2 heterocycles. The third-order valence-corrected chi connectivity index (χ3v) is 3.75. The van der Waals surface area contributed by atoms with Crippen molar-refractivity contribution < 1.29 is 18.0 Å². The van der Waals surface area contributed by atoms with Crippen molar-refractivity contribution in [1.82, 2.24) is 15.2 Å². The fourth-order valence-electron chi connectivity index (χ4n) is 2.50. The molecule has 2 aromatic heterocycles. The second kappa shape index (κ2) is 6.19. The molecule has 130 valence electrons. The van der Waals surface area contributed by atoms with E-state index in [0.717, 1.165) is 28.6 Å². The van der Waals surface area contributed by atoms with Gasteiger partial charge in [-0.3, -0.25) is 9.89 Å². The minimum absolute atomic E-state index is 0.0949. The van der Waals surface area contributed by atoms with Crippen molar-refractivity contribution in [2.75, 3.05) is 5.32 Å². The highest BCUT2D eigenvalue weighted by Crippen LogP contribution is 2.30. The predicted octanol–water partition coefficient (Wildman–Crippen LogP) is 4.35. The monoisotopic (exact) mass is 348 g/mol. The lowest BCUT2D eigenvalue weighted by Crippen LogP contribution is -2.18. The molecular formula is C17H15F3N4O. The van der Waals surface area contributed by atoms with Gasteiger partial charge >= 0.3 is 6.18 Å². The van der Waals surface area contributed by atoms with Gasteiger partial charge in [0.1, 0.15) is 11.4 Å². The predicted molar refractivity (Wildman–Crippen MR) is 87.4 cm³/mol. The van der Waals surface area contributed by atoms with Gasteiger partial charge in [0.15, 0.2) is 0 Å². The Kier molecular flexibility index (Phi) is 4.20. The van der Waals surface area contributed by atoms with E-state index in [0.29, 0.717) is 5.69 Å². The molecule has 1 aromatic carbocycles. The van der Waals surface area contributed by atoms with Gasteiger partial charge in [0.05, 0.1) is 11.7 Å². The maximum atomic E-state index is 12.8. The molecule has 0 aliphatic heterocycles. The fourth-order valence-corrected chi connectivity index (χ4v) is 2.50. The largest absolute Gasteiger partial charge is 0.433 e. The minimum Gasteiger partial charge on any atom is -0.320 e. The number of anilines is 1. The van der Waals surface area contributed by atoms with Gasteiger partial charge in [-0.25, -0.2) is 4.98 Å². The van der Waals surface area contributed by atoms with E-state index in [2.05, 4.69) is 20.5 Å². The standard InChI is InChI=1S/C17H15F3N4O/c1-9(2)11-7-13-10(8-21-24-13)6-14(11)23-16(25)12-4-3-5-15(22-12)17(18,19)20/h3-9H,1-2H3,(H,21,24)(H,23,25). The summed E-state index contributed by atoms with van der Waals surface area (Å²) in [5.74, 6) is -0.603. The van der Waals surface area contributed by atoms with Crippen molar-refractivity contribution in [2.45, 2.75) is 25.9 Å². The second-order valence-electron chi connectivity index (χ2n) is 5.91. The summed E-state index contributed by atoms with van der Waals surface area (Å²) in [4.78, 5) is 15.8. The number of carbonyl (C=O) groups is 1. The van der Waals surface area contributed by atoms with Gasteiger partial charge in [-0.1, -0.05) is 19.9 Å². The molecule has 0 fully saturated rings. The molecule has 0 radical (unpaired) electrons. The molecule has 25 heavy (non-hydrogen) atoms. The molecule has 0 atom stereocenters. The molecule has 3 aromatic rings. The highest BCUT2D eigenvalue weighted by atomic mass is 19.4. The number of hydrogen-bond acceptors (Lipinski definition) is 3. The van der Waals surface area contributed by atoms with Crippen LogP contribution in [0.3, 0.4) is 0 Å². The lowest BCUT2D eigenvalue weighted by atomic mass is 9.99. The zero-order valence-corrected chi connectivity index (χ0v) is 13.5. The second-order valence-corrected chi connectivity index (χ2v) is 5.91. The number of aromatic nitrogens is 3. The number of fused-ring (bicyclic) bond motifs is 1. The van der Waals surface area contributed by atoms with Crippen LogP contribution < -0.4 is 5.32 Å². The van der Waals surface area contributed by atoms with E-state index in [4.69, 9.17) is 0 Å². The average Bonchev–Trinajstić information content (AvgIpc) is 3.00. The molecule has 1 amide bonds. The Hall–Kier alpha value is -2.90. The van der Waals surface area contributed by atoms with Crippen LogP contribution >= 0.6 is 0 Å². The van der Waals surface area contributed by atoms with Crippen molar-refractivity contribution in [2.24, 2.45) is 0 Å². The molecule has 3 rings (SSSR count). The summed E-state index contributed by atoms with van der Waals surface area (Å²) in [5.41, 5.74) is 0.787. The fraction of sp³-hybridized carbons (Fsp3) is 0.235. The van der Waals surface area contributed by atoms with Crippen molar-refractivity contribution in [3.05, 3.63) is 53.5 Å². The van der Waals surface area contributed by atoms with E-state index in [-0.39, 0.29) is 11.6 Å². The summed E-state index contributed by atoms with van der Waals surface area (Å²) in [6.45, 7) is 3.91. The normalized spacial score (nSPS) is 11.9. The number of rotatable bonds is 3. The topological polar surface area (TPSA) is 70.7 Å². The van der Waals surface area contributed by atoms with Crippen LogP contribution in [0.5, 0.6) is 0 Å². The zero-order chi connectivity index (χ0) is 18.2. The molecule has 0 saturated heterocycles. The summed E-state index contributed by atoms with van der Waals surface area (Å²) < 4.78 is 38.3. The van der Waals surface area contributed by atoms with Crippen LogP contribution in [0.1, 0.15) is 41.5 Å². The molecule has 8 heteroatoms. The molecule has 0 bridgehead atoms. The summed E-state index contributed by atoms with van der Waals surface area (Å²) >= 11 is 0. The third kappa shape index (κ3) is 3.47. The highest BCUT2D eigenvalue weighted by molar-refractivity contribution is 6.04. The van der Waals surface area contributed by atoms with Crippen LogP contribution in [0.2, 0.25) is 0 Å². The Balaban J connectivity index is 1.95. The van der Waals surface area contributed by atoms with Crippen LogP contribution in [0.15, 0.2) is 36.5 Å². The SMILES string of the molecule is CC(C)c1cc2[nH]ncc2cc1NC(=O)c1cccc(C(F)(F)F)n1. The number of alkyl halides is 3. The van der Waals surface area contributed by atoms with Gasteiger partial charge in [0, 0.05) is 11.1 Å². The van der Waals surface area contributed by atoms with Crippen LogP contribution in [0, 0.1) is 0 Å². The van der Waals surface area contributed by atoms with Gasteiger partial charge in [-0.15, -0.1) is 0 Å². The quantitative estimate of drug-likeness (QED) is 0.739. The van der Waals surface area contributed by atoms with Gasteiger partial charge in [-0.05, 0) is 35.7 Å². The number of carbonyl (C=O) groups excluding carboxylic acids is 1. The molecule has 5 nitrogen and oxygen atoms in total. The van der Waals surface area contributed by atoms with Crippen molar-refractivity contribution >= 4 is 22.5 Å². The van der Waals surface area contributed by atoms with E-state index < -0.39 is 17.8 Å². The minimum atomic E-state index is -4.60. The van der Waals surface area contributed by atoms with Gasteiger partial charge < -0.3 is 5.32 Å². The first-order valence-corrected chi connectivity index (χ1v) is 7.58. The third-order valence-electron chi connectivity index (χ3n) is 3.75. The molecule has 0 aliphatic carbocycles. The molecule has 0 unspecified atom stereocenters. The number of aromatic amines is 1. The lowest BCUT2D eigenvalue weighted by Gasteiger charge is -2.14. The van der Waals surface area contributed by atoms with Gasteiger partial charge in [0.2, 0.25) is 0 Å². The number of nitrogens with one attached hydrogen (secondary N) is 2. The van der Waals surface area contributed by atoms with E-state index >= 15 is 0 Å². The number of pyridine rings is 1. The number of amides is 1. The first-order chi connectivity index (χ1) is 11.8. The number of nitrogens with zero attached hydrogens (tertiary/aromatic N) is 2. The summed E-state index contributed by atoms with van der Waals surface area (Å²) in [6.07, 6.45) is -2.99. The smallest absolute Gasteiger partial charge is 0.320 e. The van der Waals surface area contributed by atoms with E-state index in [1.54, 1.807) is 12.3 Å². The number of halogens is 3. The molecule has 0 saturated carbocycles. The number of benzene rings is 1. The maximum Gasteiger partial charge on any atom is 0.433 e. The maximum absolute atomic E-state index is 12.8. The van der Waals surface area contributed by atoms with Crippen molar-refractivity contribution in [3.8, 4) is 0 Å². The van der Waals surface area contributed by atoms with E-state index in [9.17, 15) is 18.0 Å². The molecular weight excluding hydrogens is 333 g/mol. The summed E-state index contributed by atoms with van der Waals surface area (Å²) in [6, 6.07) is 6.83. The van der Waals surface area contributed by atoms with Crippen LogP contribution in [-0.4, -0.2) is 21.1 Å². The average molecular weight is 348 g/mol. The summed E-state index contributed by atoms with van der Waals surface area (Å²) in [5, 5.41) is 10.2. The van der Waals surface area contributed by atoms with Gasteiger partial charge in [0.25, 0.3) is 5.91 Å². The van der Waals surface area contributed by atoms with Crippen LogP contribution in [0.25, 0.3) is 10.9 Å². The molecule has 2 N–H and O–H groups in total. The van der Waals surface area contributed by atoms with Crippen LogP contribution in [-0.2, 0) is 6.18 Å². The van der Waals surface area contributed by atoms with E-state index in [1.165, 1.54) is 6.07 Å². The first kappa shape index (κ1) is 16.9. The molecule has 0 aliphatic rings. The van der Waals surface area contributed by atoms with E-state index in [1.807, 2.05) is 19.9 Å². The zero-order valence-electron chi connectivity index (χ0n) is 13.5. The Morgan fingerprint density at radius 1 is 1.24 bits per heavy atom. The van der Waals surface area contributed by atoms with Crippen molar-refractivity contribution in [1.29, 1.82) is 0 Å². The number of H-pyrrole nitrogens is 1. The van der Waals surface area contributed by atoms with Crippen LogP contribution in [0.4, 0.5) is 18.9 Å². The summed E-state index contributed by atoms with van der Waals surface area (Å²) in [7, 11) is 0.